The van der Waals surface area contributed by atoms with Gasteiger partial charge in [0.2, 0.25) is 16.9 Å². The number of hydrogen-bond acceptors (Lipinski definition) is 6. The summed E-state index contributed by atoms with van der Waals surface area (Å²) in [6.45, 7) is 3.34. The van der Waals surface area contributed by atoms with E-state index in [1.807, 2.05) is 11.8 Å². The van der Waals surface area contributed by atoms with Crippen LogP contribution in [0.1, 0.15) is 43.7 Å². The van der Waals surface area contributed by atoms with E-state index in [1.54, 1.807) is 7.11 Å². The second kappa shape index (κ2) is 7.46. The van der Waals surface area contributed by atoms with Crippen molar-refractivity contribution in [3.63, 3.8) is 0 Å². The number of amides is 2. The van der Waals surface area contributed by atoms with Gasteiger partial charge < -0.3 is 15.0 Å². The fourth-order valence-electron chi connectivity index (χ4n) is 2.10. The average Bonchev–Trinajstić information content (AvgIpc) is 3.08. The quantitative estimate of drug-likeness (QED) is 0.826. The van der Waals surface area contributed by atoms with Gasteiger partial charge in [0.25, 0.3) is 0 Å². The van der Waals surface area contributed by atoms with Gasteiger partial charge in [0.05, 0.1) is 0 Å². The zero-order chi connectivity index (χ0) is 15.2. The van der Waals surface area contributed by atoms with Crippen LogP contribution in [-0.2, 0) is 14.3 Å². The van der Waals surface area contributed by atoms with Gasteiger partial charge in [0.1, 0.15) is 11.1 Å². The number of aromatic nitrogens is 2. The Hall–Kier alpha value is -1.54. The normalized spacial score (nSPS) is 16.3. The van der Waals surface area contributed by atoms with E-state index in [2.05, 4.69) is 15.5 Å². The fraction of sp³-hybridized carbons (Fsp3) is 0.692. The summed E-state index contributed by atoms with van der Waals surface area (Å²) >= 11 is 1.31. The smallest absolute Gasteiger partial charge is 0.226 e. The molecule has 1 aromatic rings. The van der Waals surface area contributed by atoms with Crippen molar-refractivity contribution < 1.29 is 14.3 Å². The second-order valence-electron chi connectivity index (χ2n) is 4.96. The first kappa shape index (κ1) is 15.8. The van der Waals surface area contributed by atoms with Crippen LogP contribution in [-0.4, -0.2) is 47.1 Å². The van der Waals surface area contributed by atoms with Gasteiger partial charge in [-0.1, -0.05) is 11.3 Å². The number of anilines is 1. The van der Waals surface area contributed by atoms with Crippen molar-refractivity contribution in [2.75, 3.05) is 25.5 Å². The molecule has 0 saturated carbocycles. The number of rotatable bonds is 7. The molecule has 1 N–H and O–H groups in total. The number of carbonyl (C=O) groups excluding carboxylic acids is 2. The molecule has 1 fully saturated rings. The Bertz CT molecular complexity index is 505. The zero-order valence-electron chi connectivity index (χ0n) is 12.3. The van der Waals surface area contributed by atoms with Gasteiger partial charge >= 0.3 is 0 Å². The summed E-state index contributed by atoms with van der Waals surface area (Å²) in [4.78, 5) is 25.1. The lowest BCUT2D eigenvalue weighted by atomic mass is 10.3. The molecule has 0 bridgehead atoms. The van der Waals surface area contributed by atoms with E-state index in [1.165, 1.54) is 11.3 Å². The fourth-order valence-corrected chi connectivity index (χ4v) is 2.89. The molecular formula is C13H20N4O3S. The maximum absolute atomic E-state index is 11.8. The minimum atomic E-state index is -0.130. The molecule has 1 aliphatic heterocycles. The molecular weight excluding hydrogens is 292 g/mol. The number of hydrogen-bond donors (Lipinski definition) is 1. The molecule has 0 radical (unpaired) electrons. The predicted molar refractivity (Wildman–Crippen MR) is 79.0 cm³/mol. The molecule has 0 spiro atoms. The van der Waals surface area contributed by atoms with E-state index in [0.717, 1.165) is 18.0 Å². The molecule has 1 aliphatic rings. The van der Waals surface area contributed by atoms with Crippen LogP contribution in [0.25, 0.3) is 0 Å². The Morgan fingerprint density at radius 2 is 2.33 bits per heavy atom. The summed E-state index contributed by atoms with van der Waals surface area (Å²) in [6.07, 6.45) is 2.47. The number of carbonyl (C=O) groups is 2. The van der Waals surface area contributed by atoms with Crippen LogP contribution in [0.4, 0.5) is 5.13 Å². The van der Waals surface area contributed by atoms with Crippen LogP contribution in [0.15, 0.2) is 0 Å². The first-order chi connectivity index (χ1) is 10.1. The summed E-state index contributed by atoms with van der Waals surface area (Å²) in [7, 11) is 1.60. The molecule has 1 atom stereocenters. The van der Waals surface area contributed by atoms with Crippen LogP contribution in [0.3, 0.4) is 0 Å². The molecule has 7 nitrogen and oxygen atoms in total. The van der Waals surface area contributed by atoms with E-state index in [9.17, 15) is 9.59 Å². The lowest BCUT2D eigenvalue weighted by Gasteiger charge is -2.14. The third-order valence-electron chi connectivity index (χ3n) is 3.39. The van der Waals surface area contributed by atoms with E-state index >= 15 is 0 Å². The largest absolute Gasteiger partial charge is 0.374 e. The van der Waals surface area contributed by atoms with Gasteiger partial charge in [-0.2, -0.15) is 0 Å². The molecule has 1 aromatic heterocycles. The molecule has 21 heavy (non-hydrogen) atoms. The molecule has 2 rings (SSSR count). The van der Waals surface area contributed by atoms with Crippen molar-refractivity contribution in [3.8, 4) is 0 Å². The van der Waals surface area contributed by atoms with Gasteiger partial charge in [0, 0.05) is 33.0 Å². The lowest BCUT2D eigenvalue weighted by Crippen LogP contribution is -2.26. The highest BCUT2D eigenvalue weighted by atomic mass is 32.1. The number of nitrogens with zero attached hydrogens (tertiary/aromatic N) is 3. The topological polar surface area (TPSA) is 84.4 Å². The van der Waals surface area contributed by atoms with Gasteiger partial charge in [-0.25, -0.2) is 0 Å². The molecule has 8 heteroatoms. The molecule has 0 aromatic carbocycles. The Kier molecular flexibility index (Phi) is 5.63. The Labute approximate surface area is 127 Å². The van der Waals surface area contributed by atoms with Crippen LogP contribution in [0.5, 0.6) is 0 Å². The van der Waals surface area contributed by atoms with Crippen LogP contribution >= 0.6 is 11.3 Å². The number of methoxy groups -OCH3 is 1. The van der Waals surface area contributed by atoms with Crippen molar-refractivity contribution in [2.45, 2.75) is 38.7 Å². The molecule has 2 amide bonds. The van der Waals surface area contributed by atoms with E-state index in [-0.39, 0.29) is 17.9 Å². The first-order valence-corrected chi connectivity index (χ1v) is 7.85. The molecule has 1 unspecified atom stereocenters. The standard InChI is InChI=1S/C13H20N4O3S/c1-9(20-2)12-15-16-13(21-12)14-10(18)5-3-7-17-8-4-6-11(17)19/h9H,3-8H2,1-2H3,(H,14,16,18). The zero-order valence-corrected chi connectivity index (χ0v) is 13.1. The second-order valence-corrected chi connectivity index (χ2v) is 5.97. The van der Waals surface area contributed by atoms with Gasteiger partial charge in [0.15, 0.2) is 0 Å². The Morgan fingerprint density at radius 1 is 1.52 bits per heavy atom. The number of likely N-dealkylation sites (tertiary alicyclic amines) is 1. The molecule has 0 aliphatic carbocycles. The van der Waals surface area contributed by atoms with Gasteiger partial charge in [-0.05, 0) is 19.8 Å². The predicted octanol–water partition coefficient (Wildman–Crippen LogP) is 1.59. The minimum Gasteiger partial charge on any atom is -0.374 e. The van der Waals surface area contributed by atoms with Gasteiger partial charge in [-0.3, -0.25) is 9.59 Å². The maximum atomic E-state index is 11.8. The monoisotopic (exact) mass is 312 g/mol. The van der Waals surface area contributed by atoms with E-state index in [0.29, 0.717) is 30.9 Å². The highest BCUT2D eigenvalue weighted by molar-refractivity contribution is 7.15. The lowest BCUT2D eigenvalue weighted by molar-refractivity contribution is -0.128. The van der Waals surface area contributed by atoms with Crippen molar-refractivity contribution in [3.05, 3.63) is 5.01 Å². The van der Waals surface area contributed by atoms with Crippen LogP contribution in [0, 0.1) is 0 Å². The van der Waals surface area contributed by atoms with Crippen molar-refractivity contribution >= 4 is 28.3 Å². The van der Waals surface area contributed by atoms with E-state index < -0.39 is 0 Å². The summed E-state index contributed by atoms with van der Waals surface area (Å²) in [5.41, 5.74) is 0. The summed E-state index contributed by atoms with van der Waals surface area (Å²) in [6, 6.07) is 0. The van der Waals surface area contributed by atoms with Crippen molar-refractivity contribution in [1.82, 2.24) is 15.1 Å². The first-order valence-electron chi connectivity index (χ1n) is 7.04. The minimum absolute atomic E-state index is 0.102. The maximum Gasteiger partial charge on any atom is 0.226 e. The van der Waals surface area contributed by atoms with Crippen LogP contribution in [0.2, 0.25) is 0 Å². The Morgan fingerprint density at radius 3 is 3.00 bits per heavy atom. The highest BCUT2D eigenvalue weighted by Crippen LogP contribution is 2.23. The number of nitrogens with one attached hydrogen (secondary N) is 1. The van der Waals surface area contributed by atoms with Crippen molar-refractivity contribution in [2.24, 2.45) is 0 Å². The van der Waals surface area contributed by atoms with E-state index in [4.69, 9.17) is 4.74 Å². The summed E-state index contributed by atoms with van der Waals surface area (Å²) in [5.74, 6) is 0.0899. The molecule has 1 saturated heterocycles. The molecule has 2 heterocycles. The third-order valence-corrected chi connectivity index (χ3v) is 4.39. The number of ether oxygens (including phenoxy) is 1. The Balaban J connectivity index is 1.71. The van der Waals surface area contributed by atoms with Crippen molar-refractivity contribution in [1.29, 1.82) is 0 Å². The third kappa shape index (κ3) is 4.47. The average molecular weight is 312 g/mol. The molecule has 116 valence electrons. The summed E-state index contributed by atoms with van der Waals surface area (Å²) in [5, 5.41) is 11.8. The summed E-state index contributed by atoms with van der Waals surface area (Å²) < 4.78 is 5.14. The van der Waals surface area contributed by atoms with Gasteiger partial charge in [-0.15, -0.1) is 10.2 Å². The van der Waals surface area contributed by atoms with Crippen LogP contribution < -0.4 is 5.32 Å². The highest BCUT2D eigenvalue weighted by Gasteiger charge is 2.19. The SMILES string of the molecule is COC(C)c1nnc(NC(=O)CCCN2CCCC2=O)s1.